The molecule has 20 heavy (non-hydrogen) atoms. The summed E-state index contributed by atoms with van der Waals surface area (Å²) in [5.74, 6) is -3.33. The minimum absolute atomic E-state index is 0.122. The molecule has 0 saturated heterocycles. The lowest BCUT2D eigenvalue weighted by atomic mass is 10.1. The molecular formula is C16H12F3I. The minimum atomic E-state index is -2.91. The van der Waals surface area contributed by atoms with Crippen LogP contribution in [0.5, 0.6) is 0 Å². The lowest BCUT2D eigenvalue weighted by molar-refractivity contribution is 0.0175. The summed E-state index contributed by atoms with van der Waals surface area (Å²) in [5, 5.41) is 0. The molecule has 0 bridgehead atoms. The molecule has 0 atom stereocenters. The number of hydrogen-bond donors (Lipinski definition) is 0. The molecular weight excluding hydrogens is 376 g/mol. The van der Waals surface area contributed by atoms with E-state index in [1.807, 2.05) is 40.8 Å². The summed E-state index contributed by atoms with van der Waals surface area (Å²) in [4.78, 5) is 0. The molecule has 4 heteroatoms. The van der Waals surface area contributed by atoms with E-state index in [0.717, 1.165) is 12.5 Å². The van der Waals surface area contributed by atoms with Crippen LogP contribution in [-0.2, 0) is 5.92 Å². The van der Waals surface area contributed by atoms with Crippen molar-refractivity contribution in [3.8, 4) is 0 Å². The van der Waals surface area contributed by atoms with Gasteiger partial charge in [0, 0.05) is 18.1 Å². The maximum Gasteiger partial charge on any atom is 0.270 e. The molecule has 0 aliphatic carbocycles. The zero-order valence-electron chi connectivity index (χ0n) is 10.7. The third-order valence-corrected chi connectivity index (χ3v) is 3.96. The van der Waals surface area contributed by atoms with Crippen molar-refractivity contribution >= 4 is 32.0 Å². The lowest BCUT2D eigenvalue weighted by Crippen LogP contribution is -2.06. The van der Waals surface area contributed by atoms with Crippen LogP contribution in [0.3, 0.4) is 0 Å². The molecule has 104 valence electrons. The molecule has 0 aliphatic heterocycles. The standard InChI is InChI=1S/C16H12F3I/c1-16(18,19)13-9-7-11(8-10-13)14(17)15(20)12-5-3-2-4-6-12/h2-10H,1H3/b15-14+. The number of benzene rings is 2. The molecule has 0 aliphatic rings. The molecule has 0 amide bonds. The van der Waals surface area contributed by atoms with Crippen molar-refractivity contribution in [2.24, 2.45) is 0 Å². The van der Waals surface area contributed by atoms with E-state index in [-0.39, 0.29) is 5.56 Å². The van der Waals surface area contributed by atoms with Crippen LogP contribution in [0.4, 0.5) is 13.2 Å². The van der Waals surface area contributed by atoms with Crippen molar-refractivity contribution < 1.29 is 13.2 Å². The first kappa shape index (κ1) is 15.1. The summed E-state index contributed by atoms with van der Waals surface area (Å²) in [7, 11) is 0. The van der Waals surface area contributed by atoms with Crippen LogP contribution in [0.15, 0.2) is 54.6 Å². The van der Waals surface area contributed by atoms with Gasteiger partial charge in [0.05, 0.1) is 3.58 Å². The fourth-order valence-corrected chi connectivity index (χ4v) is 2.42. The molecule has 0 fully saturated rings. The maximum absolute atomic E-state index is 14.3. The van der Waals surface area contributed by atoms with Gasteiger partial charge >= 0.3 is 0 Å². The van der Waals surface area contributed by atoms with Gasteiger partial charge in [-0.25, -0.2) is 13.2 Å². The third kappa shape index (κ3) is 3.42. The van der Waals surface area contributed by atoms with Crippen molar-refractivity contribution in [1.29, 1.82) is 0 Å². The van der Waals surface area contributed by atoms with Crippen molar-refractivity contribution in [1.82, 2.24) is 0 Å². The number of alkyl halides is 2. The van der Waals surface area contributed by atoms with Crippen LogP contribution in [0, 0.1) is 0 Å². The molecule has 0 unspecified atom stereocenters. The Bertz CT molecular complexity index is 610. The van der Waals surface area contributed by atoms with Crippen LogP contribution in [0.1, 0.15) is 23.6 Å². The van der Waals surface area contributed by atoms with E-state index in [1.165, 1.54) is 24.3 Å². The lowest BCUT2D eigenvalue weighted by Gasteiger charge is -2.11. The van der Waals surface area contributed by atoms with Crippen LogP contribution in [-0.4, -0.2) is 0 Å². The first-order valence-electron chi connectivity index (χ1n) is 5.99. The van der Waals surface area contributed by atoms with Crippen molar-refractivity contribution in [3.63, 3.8) is 0 Å². The summed E-state index contributed by atoms with van der Waals surface area (Å²) < 4.78 is 41.0. The van der Waals surface area contributed by atoms with Crippen LogP contribution in [0.2, 0.25) is 0 Å². The molecule has 2 aromatic rings. The highest BCUT2D eigenvalue weighted by atomic mass is 127. The van der Waals surface area contributed by atoms with Gasteiger partial charge in [-0.15, -0.1) is 0 Å². The fourth-order valence-electron chi connectivity index (χ4n) is 1.75. The molecule has 0 heterocycles. The zero-order valence-corrected chi connectivity index (χ0v) is 12.9. The van der Waals surface area contributed by atoms with E-state index in [0.29, 0.717) is 9.14 Å². The van der Waals surface area contributed by atoms with Gasteiger partial charge in [0.1, 0.15) is 5.83 Å². The second-order valence-corrected chi connectivity index (χ2v) is 5.54. The number of halogens is 4. The first-order chi connectivity index (χ1) is 9.39. The number of hydrogen-bond acceptors (Lipinski definition) is 0. The van der Waals surface area contributed by atoms with Gasteiger partial charge < -0.3 is 0 Å². The highest BCUT2D eigenvalue weighted by Crippen LogP contribution is 2.34. The van der Waals surface area contributed by atoms with Gasteiger partial charge in [0.15, 0.2) is 0 Å². The second-order valence-electron chi connectivity index (χ2n) is 4.46. The van der Waals surface area contributed by atoms with Crippen molar-refractivity contribution in [2.75, 3.05) is 0 Å². The largest absolute Gasteiger partial charge is 0.270 e. The predicted octanol–water partition coefficient (Wildman–Crippen LogP) is 6.03. The van der Waals surface area contributed by atoms with Gasteiger partial charge in [0.2, 0.25) is 0 Å². The van der Waals surface area contributed by atoms with E-state index in [4.69, 9.17) is 0 Å². The Labute approximate surface area is 129 Å². The van der Waals surface area contributed by atoms with Crippen molar-refractivity contribution in [3.05, 3.63) is 71.3 Å². The van der Waals surface area contributed by atoms with E-state index in [9.17, 15) is 13.2 Å². The quantitative estimate of drug-likeness (QED) is 0.445. The Balaban J connectivity index is 2.36. The highest BCUT2D eigenvalue weighted by molar-refractivity contribution is 14.1. The second kappa shape index (κ2) is 5.99. The van der Waals surface area contributed by atoms with Gasteiger partial charge in [-0.2, -0.15) is 0 Å². The van der Waals surface area contributed by atoms with E-state index in [2.05, 4.69) is 0 Å². The molecule has 0 N–H and O–H groups in total. The fraction of sp³-hybridized carbons (Fsp3) is 0.125. The summed E-state index contributed by atoms with van der Waals surface area (Å²) in [5.41, 5.74) is 0.936. The predicted molar refractivity (Wildman–Crippen MR) is 84.4 cm³/mol. The van der Waals surface area contributed by atoms with Gasteiger partial charge in [0.25, 0.3) is 5.92 Å². The first-order valence-corrected chi connectivity index (χ1v) is 7.07. The Morgan fingerprint density at radius 1 is 0.900 bits per heavy atom. The van der Waals surface area contributed by atoms with Crippen molar-refractivity contribution in [2.45, 2.75) is 12.8 Å². The maximum atomic E-state index is 14.3. The molecule has 0 spiro atoms. The van der Waals surface area contributed by atoms with E-state index in [1.54, 1.807) is 12.1 Å². The summed E-state index contributed by atoms with van der Waals surface area (Å²) >= 11 is 1.92. The topological polar surface area (TPSA) is 0 Å². The minimum Gasteiger partial charge on any atom is -0.205 e. The van der Waals surface area contributed by atoms with Gasteiger partial charge in [-0.3, -0.25) is 0 Å². The summed E-state index contributed by atoms with van der Waals surface area (Å²) in [6.07, 6.45) is 0. The normalized spacial score (nSPS) is 13.1. The summed E-state index contributed by atoms with van der Waals surface area (Å²) in [6, 6.07) is 14.4. The van der Waals surface area contributed by atoms with E-state index < -0.39 is 11.7 Å². The average molecular weight is 388 g/mol. The van der Waals surface area contributed by atoms with Gasteiger partial charge in [-0.1, -0.05) is 54.6 Å². The highest BCUT2D eigenvalue weighted by Gasteiger charge is 2.24. The monoisotopic (exact) mass is 388 g/mol. The molecule has 0 saturated carbocycles. The average Bonchev–Trinajstić information content (AvgIpc) is 2.46. The molecule has 0 radical (unpaired) electrons. The van der Waals surface area contributed by atoms with Crippen LogP contribution < -0.4 is 0 Å². The Kier molecular flexibility index (Phi) is 4.52. The Hall–Kier alpha value is -1.30. The SMILES string of the molecule is CC(F)(F)c1ccc(/C(F)=C(\I)c2ccccc2)cc1. The molecule has 2 rings (SSSR count). The zero-order chi connectivity index (χ0) is 14.8. The van der Waals surface area contributed by atoms with Crippen LogP contribution >= 0.6 is 22.6 Å². The Morgan fingerprint density at radius 3 is 1.95 bits per heavy atom. The number of rotatable bonds is 3. The molecule has 0 nitrogen and oxygen atoms in total. The van der Waals surface area contributed by atoms with E-state index >= 15 is 0 Å². The molecule has 2 aromatic carbocycles. The Morgan fingerprint density at radius 2 is 1.45 bits per heavy atom. The third-order valence-electron chi connectivity index (χ3n) is 2.87. The van der Waals surface area contributed by atoms with Crippen LogP contribution in [0.25, 0.3) is 9.41 Å². The van der Waals surface area contributed by atoms with Gasteiger partial charge in [-0.05, 0) is 28.2 Å². The molecule has 0 aromatic heterocycles. The summed E-state index contributed by atoms with van der Waals surface area (Å²) in [6.45, 7) is 0.821. The smallest absolute Gasteiger partial charge is 0.205 e.